The number of nitrogens with two attached hydrogens (primary N) is 1. The Balaban J connectivity index is 2.72. The normalized spacial score (nSPS) is 10.2. The van der Waals surface area contributed by atoms with Crippen molar-refractivity contribution in [3.63, 3.8) is 0 Å². The highest BCUT2D eigenvalue weighted by Gasteiger charge is 2.06. The summed E-state index contributed by atoms with van der Waals surface area (Å²) in [5, 5.41) is 8.48. The van der Waals surface area contributed by atoms with Crippen LogP contribution < -0.4 is 10.5 Å². The number of halogens is 2. The van der Waals surface area contributed by atoms with Crippen LogP contribution in [0.5, 0.6) is 5.75 Å². The van der Waals surface area contributed by atoms with E-state index in [1.165, 1.54) is 6.07 Å². The van der Waals surface area contributed by atoms with E-state index in [0.29, 0.717) is 13.0 Å². The van der Waals surface area contributed by atoms with E-state index in [9.17, 15) is 4.39 Å². The highest BCUT2D eigenvalue weighted by molar-refractivity contribution is 6.31. The van der Waals surface area contributed by atoms with E-state index in [1.807, 2.05) is 0 Å². The molecule has 1 rings (SSSR count). The van der Waals surface area contributed by atoms with Crippen LogP contribution in [0.1, 0.15) is 6.42 Å². The molecule has 14 heavy (non-hydrogen) atoms. The molecule has 0 fully saturated rings. The summed E-state index contributed by atoms with van der Waals surface area (Å²) in [6.07, 6.45) is 0.476. The lowest BCUT2D eigenvalue weighted by Crippen LogP contribution is -2.02. The molecule has 3 nitrogen and oxygen atoms in total. The standard InChI is InChI=1S/C9H11ClFNO2/c10-6-4-8(12)9(5-7(6)11)14-3-1-2-13/h4-5,13H,1-3,12H2. The second-order valence-electron chi connectivity index (χ2n) is 2.73. The molecule has 3 N–H and O–H groups in total. The van der Waals surface area contributed by atoms with E-state index < -0.39 is 5.82 Å². The summed E-state index contributed by atoms with van der Waals surface area (Å²) in [6, 6.07) is 2.43. The van der Waals surface area contributed by atoms with Gasteiger partial charge in [-0.05, 0) is 6.07 Å². The van der Waals surface area contributed by atoms with Crippen molar-refractivity contribution in [1.29, 1.82) is 0 Å². The summed E-state index contributed by atoms with van der Waals surface area (Å²) in [6.45, 7) is 0.317. The van der Waals surface area contributed by atoms with Gasteiger partial charge in [-0.1, -0.05) is 11.6 Å². The van der Waals surface area contributed by atoms with Crippen molar-refractivity contribution >= 4 is 17.3 Å². The maximum Gasteiger partial charge on any atom is 0.145 e. The van der Waals surface area contributed by atoms with E-state index >= 15 is 0 Å². The number of hydrogen-bond donors (Lipinski definition) is 2. The molecule has 0 radical (unpaired) electrons. The molecule has 0 heterocycles. The Hall–Kier alpha value is -1.00. The number of aliphatic hydroxyl groups is 1. The molecule has 0 unspecified atom stereocenters. The van der Waals surface area contributed by atoms with Gasteiger partial charge < -0.3 is 15.6 Å². The van der Waals surface area contributed by atoms with Crippen molar-refractivity contribution in [1.82, 2.24) is 0 Å². The van der Waals surface area contributed by atoms with Gasteiger partial charge in [0.05, 0.1) is 17.3 Å². The van der Waals surface area contributed by atoms with Gasteiger partial charge >= 0.3 is 0 Å². The summed E-state index contributed by atoms with van der Waals surface area (Å²) in [7, 11) is 0. The quantitative estimate of drug-likeness (QED) is 0.600. The molecule has 0 aliphatic heterocycles. The van der Waals surface area contributed by atoms with E-state index in [0.717, 1.165) is 6.07 Å². The van der Waals surface area contributed by atoms with Crippen LogP contribution in [-0.4, -0.2) is 18.3 Å². The molecule has 0 atom stereocenters. The SMILES string of the molecule is Nc1cc(Cl)c(F)cc1OCCCO. The molecular weight excluding hydrogens is 209 g/mol. The van der Waals surface area contributed by atoms with Crippen molar-refractivity contribution in [2.75, 3.05) is 18.9 Å². The van der Waals surface area contributed by atoms with Crippen molar-refractivity contribution in [3.05, 3.63) is 23.0 Å². The molecule has 5 heteroatoms. The molecule has 0 saturated carbocycles. The third kappa shape index (κ3) is 2.75. The fourth-order valence-corrected chi connectivity index (χ4v) is 1.09. The minimum Gasteiger partial charge on any atom is -0.491 e. The molecule has 0 aliphatic carbocycles. The minimum atomic E-state index is -0.570. The maximum atomic E-state index is 13.0. The van der Waals surface area contributed by atoms with Gasteiger partial charge in [-0.2, -0.15) is 0 Å². The van der Waals surface area contributed by atoms with E-state index in [2.05, 4.69) is 0 Å². The van der Waals surface area contributed by atoms with Crippen molar-refractivity contribution < 1.29 is 14.2 Å². The van der Waals surface area contributed by atoms with Crippen LogP contribution in [0.25, 0.3) is 0 Å². The number of anilines is 1. The number of aliphatic hydroxyl groups excluding tert-OH is 1. The number of nitrogen functional groups attached to an aromatic ring is 1. The van der Waals surface area contributed by atoms with Crippen LogP contribution in [0.2, 0.25) is 5.02 Å². The average molecular weight is 220 g/mol. The third-order valence-electron chi connectivity index (χ3n) is 1.61. The lowest BCUT2D eigenvalue weighted by molar-refractivity contribution is 0.234. The molecule has 0 spiro atoms. The zero-order valence-electron chi connectivity index (χ0n) is 7.46. The van der Waals surface area contributed by atoms with Crippen LogP contribution in [0.4, 0.5) is 10.1 Å². The molecule has 0 saturated heterocycles. The Bertz CT molecular complexity index is 320. The zero-order chi connectivity index (χ0) is 10.6. The summed E-state index contributed by atoms with van der Waals surface area (Å²) in [4.78, 5) is 0. The molecule has 0 bridgehead atoms. The van der Waals surface area contributed by atoms with Crippen molar-refractivity contribution in [2.45, 2.75) is 6.42 Å². The Morgan fingerprint density at radius 3 is 2.86 bits per heavy atom. The number of ether oxygens (including phenoxy) is 1. The fourth-order valence-electron chi connectivity index (χ4n) is 0.916. The van der Waals surface area contributed by atoms with Crippen LogP contribution in [0, 0.1) is 5.82 Å². The van der Waals surface area contributed by atoms with Crippen LogP contribution in [0.3, 0.4) is 0 Å². The average Bonchev–Trinajstić information content (AvgIpc) is 2.14. The molecule has 0 aliphatic rings. The van der Waals surface area contributed by atoms with Gasteiger partial charge in [0, 0.05) is 19.1 Å². The fraction of sp³-hybridized carbons (Fsp3) is 0.333. The first kappa shape index (κ1) is 11.1. The molecule has 0 amide bonds. The maximum absolute atomic E-state index is 13.0. The molecule has 1 aromatic rings. The van der Waals surface area contributed by atoms with Crippen LogP contribution in [-0.2, 0) is 0 Å². The first-order valence-electron chi connectivity index (χ1n) is 4.13. The summed E-state index contributed by atoms with van der Waals surface area (Å²) < 4.78 is 18.1. The number of benzene rings is 1. The topological polar surface area (TPSA) is 55.5 Å². The molecule has 78 valence electrons. The summed E-state index contributed by atoms with van der Waals surface area (Å²) in [5.41, 5.74) is 5.82. The van der Waals surface area contributed by atoms with Gasteiger partial charge in [-0.3, -0.25) is 0 Å². The first-order chi connectivity index (χ1) is 6.65. The van der Waals surface area contributed by atoms with E-state index in [-0.39, 0.29) is 23.1 Å². The largest absolute Gasteiger partial charge is 0.491 e. The Morgan fingerprint density at radius 2 is 2.21 bits per heavy atom. The summed E-state index contributed by atoms with van der Waals surface area (Å²) in [5.74, 6) is -0.319. The van der Waals surface area contributed by atoms with Gasteiger partial charge in [0.1, 0.15) is 11.6 Å². The molecule has 0 aromatic heterocycles. The van der Waals surface area contributed by atoms with E-state index in [1.54, 1.807) is 0 Å². The smallest absolute Gasteiger partial charge is 0.145 e. The van der Waals surface area contributed by atoms with Crippen LogP contribution >= 0.6 is 11.6 Å². The predicted octanol–water partition coefficient (Wildman–Crippen LogP) is 1.82. The van der Waals surface area contributed by atoms with Gasteiger partial charge in [-0.25, -0.2) is 4.39 Å². The van der Waals surface area contributed by atoms with Gasteiger partial charge in [0.2, 0.25) is 0 Å². The Labute approximate surface area is 86.2 Å². The first-order valence-corrected chi connectivity index (χ1v) is 4.51. The minimum absolute atomic E-state index is 0.0238. The van der Waals surface area contributed by atoms with E-state index in [4.69, 9.17) is 27.2 Å². The molecular formula is C9H11ClFNO2. The zero-order valence-corrected chi connectivity index (χ0v) is 8.22. The lowest BCUT2D eigenvalue weighted by Gasteiger charge is -2.08. The van der Waals surface area contributed by atoms with Gasteiger partial charge in [-0.15, -0.1) is 0 Å². The number of rotatable bonds is 4. The second kappa shape index (κ2) is 5.02. The highest BCUT2D eigenvalue weighted by atomic mass is 35.5. The summed E-state index contributed by atoms with van der Waals surface area (Å²) >= 11 is 5.50. The predicted molar refractivity (Wildman–Crippen MR) is 53.0 cm³/mol. The highest BCUT2D eigenvalue weighted by Crippen LogP contribution is 2.27. The monoisotopic (exact) mass is 219 g/mol. The van der Waals surface area contributed by atoms with Crippen LogP contribution in [0.15, 0.2) is 12.1 Å². The molecule has 1 aromatic carbocycles. The second-order valence-corrected chi connectivity index (χ2v) is 3.14. The Morgan fingerprint density at radius 1 is 1.50 bits per heavy atom. The van der Waals surface area contributed by atoms with Crippen molar-refractivity contribution in [2.24, 2.45) is 0 Å². The van der Waals surface area contributed by atoms with Gasteiger partial charge in [0.25, 0.3) is 0 Å². The third-order valence-corrected chi connectivity index (χ3v) is 1.90. The Kier molecular flexibility index (Phi) is 3.98. The lowest BCUT2D eigenvalue weighted by atomic mass is 10.3. The van der Waals surface area contributed by atoms with Gasteiger partial charge in [0.15, 0.2) is 0 Å². The van der Waals surface area contributed by atoms with Crippen molar-refractivity contribution in [3.8, 4) is 5.75 Å². The number of hydrogen-bond acceptors (Lipinski definition) is 3.